The lowest BCUT2D eigenvalue weighted by Crippen LogP contribution is -2.19. The number of nitrogens with zero attached hydrogens (tertiary/aromatic N) is 1. The molecular formula is C18H13F3N2O3. The summed E-state index contributed by atoms with van der Waals surface area (Å²) in [6.45, 7) is -0.362. The minimum atomic E-state index is -0.876. The van der Waals surface area contributed by atoms with Crippen LogP contribution < -0.4 is 5.32 Å². The van der Waals surface area contributed by atoms with Crippen molar-refractivity contribution >= 4 is 11.6 Å². The molecule has 3 aromatic rings. The Balaban J connectivity index is 1.50. The van der Waals surface area contributed by atoms with Crippen molar-refractivity contribution in [2.24, 2.45) is 0 Å². The zero-order valence-electron chi connectivity index (χ0n) is 13.3. The Bertz CT molecular complexity index is 910. The van der Waals surface area contributed by atoms with Crippen molar-refractivity contribution in [3.05, 3.63) is 71.7 Å². The van der Waals surface area contributed by atoms with Crippen LogP contribution in [0.15, 0.2) is 53.1 Å². The number of benzene rings is 2. The van der Waals surface area contributed by atoms with Gasteiger partial charge in [-0.05, 0) is 36.4 Å². The zero-order valence-corrected chi connectivity index (χ0v) is 13.3. The van der Waals surface area contributed by atoms with E-state index in [1.165, 1.54) is 12.1 Å². The molecule has 2 aromatic carbocycles. The molecule has 0 aliphatic rings. The molecule has 0 spiro atoms. The van der Waals surface area contributed by atoms with Crippen LogP contribution in [-0.2, 0) is 16.1 Å². The monoisotopic (exact) mass is 362 g/mol. The molecule has 8 heteroatoms. The number of amides is 1. The predicted octanol–water partition coefficient (Wildman–Crippen LogP) is 3.91. The van der Waals surface area contributed by atoms with Gasteiger partial charge in [-0.15, -0.1) is 0 Å². The number of carbonyl (C=O) groups excluding carboxylic acids is 1. The van der Waals surface area contributed by atoms with Gasteiger partial charge in [0, 0.05) is 17.7 Å². The summed E-state index contributed by atoms with van der Waals surface area (Å²) in [6, 6.07) is 10.1. The third kappa shape index (κ3) is 4.48. The molecule has 3 rings (SSSR count). The lowest BCUT2D eigenvalue weighted by Gasteiger charge is -2.06. The normalized spacial score (nSPS) is 10.7. The molecule has 0 aliphatic heterocycles. The van der Waals surface area contributed by atoms with E-state index in [-0.39, 0.29) is 24.7 Å². The van der Waals surface area contributed by atoms with E-state index in [0.29, 0.717) is 23.1 Å². The van der Waals surface area contributed by atoms with Crippen molar-refractivity contribution < 1.29 is 27.2 Å². The fraction of sp³-hybridized carbons (Fsp3) is 0.111. The molecule has 5 nitrogen and oxygen atoms in total. The van der Waals surface area contributed by atoms with Gasteiger partial charge in [0.25, 0.3) is 0 Å². The van der Waals surface area contributed by atoms with E-state index in [4.69, 9.17) is 9.26 Å². The van der Waals surface area contributed by atoms with E-state index in [0.717, 1.165) is 12.1 Å². The molecule has 1 N–H and O–H groups in total. The fourth-order valence-corrected chi connectivity index (χ4v) is 2.16. The third-order valence-corrected chi connectivity index (χ3v) is 3.38. The number of hydrogen-bond donors (Lipinski definition) is 1. The van der Waals surface area contributed by atoms with Gasteiger partial charge in [0.2, 0.25) is 5.91 Å². The molecule has 26 heavy (non-hydrogen) atoms. The van der Waals surface area contributed by atoms with Gasteiger partial charge in [-0.3, -0.25) is 4.79 Å². The highest BCUT2D eigenvalue weighted by molar-refractivity contribution is 5.91. The average molecular weight is 362 g/mol. The molecule has 0 unspecified atom stereocenters. The second-order valence-electron chi connectivity index (χ2n) is 5.35. The van der Waals surface area contributed by atoms with E-state index >= 15 is 0 Å². The molecule has 0 atom stereocenters. The minimum absolute atomic E-state index is 0.00991. The van der Waals surface area contributed by atoms with Crippen LogP contribution in [0, 0.1) is 17.5 Å². The summed E-state index contributed by atoms with van der Waals surface area (Å²) in [5.41, 5.74) is 0.944. The van der Waals surface area contributed by atoms with E-state index in [1.54, 1.807) is 18.2 Å². The first-order valence-electron chi connectivity index (χ1n) is 7.55. The van der Waals surface area contributed by atoms with Gasteiger partial charge in [0.05, 0.1) is 12.3 Å². The number of hydrogen-bond acceptors (Lipinski definition) is 4. The van der Waals surface area contributed by atoms with Crippen molar-refractivity contribution in [3.63, 3.8) is 0 Å². The van der Waals surface area contributed by atoms with Crippen molar-refractivity contribution in [2.75, 3.05) is 11.9 Å². The van der Waals surface area contributed by atoms with E-state index < -0.39 is 17.5 Å². The first-order valence-corrected chi connectivity index (χ1v) is 7.55. The van der Waals surface area contributed by atoms with Gasteiger partial charge in [-0.1, -0.05) is 5.16 Å². The van der Waals surface area contributed by atoms with Crippen LogP contribution in [0.5, 0.6) is 0 Å². The highest BCUT2D eigenvalue weighted by atomic mass is 19.1. The van der Waals surface area contributed by atoms with Gasteiger partial charge in [0.1, 0.15) is 29.8 Å². The molecule has 134 valence electrons. The van der Waals surface area contributed by atoms with Crippen LogP contribution in [-0.4, -0.2) is 17.7 Å². The standard InChI is InChI=1S/C18H13F3N2O3/c19-12-3-1-11(2-4-12)17-8-14(23-26-17)9-25-10-18(24)22-16-6-5-13(20)7-15(16)21/h1-8H,9-10H2,(H,22,24). The summed E-state index contributed by atoms with van der Waals surface area (Å²) in [5.74, 6) is -2.14. The zero-order chi connectivity index (χ0) is 18.5. The average Bonchev–Trinajstić information content (AvgIpc) is 3.07. The Morgan fingerprint density at radius 1 is 1.04 bits per heavy atom. The highest BCUT2D eigenvalue weighted by Gasteiger charge is 2.10. The van der Waals surface area contributed by atoms with Crippen LogP contribution in [0.4, 0.5) is 18.9 Å². The predicted molar refractivity (Wildman–Crippen MR) is 86.5 cm³/mol. The van der Waals surface area contributed by atoms with Gasteiger partial charge < -0.3 is 14.6 Å². The fourth-order valence-electron chi connectivity index (χ4n) is 2.16. The molecular weight excluding hydrogens is 349 g/mol. The number of anilines is 1. The first kappa shape index (κ1) is 17.7. The molecule has 0 saturated carbocycles. The Morgan fingerprint density at radius 2 is 1.77 bits per heavy atom. The largest absolute Gasteiger partial charge is 0.365 e. The Kier molecular flexibility index (Phi) is 5.33. The number of rotatable bonds is 6. The van der Waals surface area contributed by atoms with Crippen molar-refractivity contribution in [1.82, 2.24) is 5.16 Å². The second-order valence-corrected chi connectivity index (χ2v) is 5.35. The number of aromatic nitrogens is 1. The summed E-state index contributed by atoms with van der Waals surface area (Å²) in [7, 11) is 0. The summed E-state index contributed by atoms with van der Waals surface area (Å²) >= 11 is 0. The quantitative estimate of drug-likeness (QED) is 0.722. The maximum atomic E-state index is 13.4. The number of halogens is 3. The van der Waals surface area contributed by atoms with Crippen LogP contribution in [0.3, 0.4) is 0 Å². The van der Waals surface area contributed by atoms with Gasteiger partial charge in [-0.25, -0.2) is 13.2 Å². The topological polar surface area (TPSA) is 64.4 Å². The van der Waals surface area contributed by atoms with E-state index in [2.05, 4.69) is 10.5 Å². The second kappa shape index (κ2) is 7.83. The first-order chi connectivity index (χ1) is 12.5. The van der Waals surface area contributed by atoms with E-state index in [9.17, 15) is 18.0 Å². The highest BCUT2D eigenvalue weighted by Crippen LogP contribution is 2.21. The molecule has 0 saturated heterocycles. The number of nitrogens with one attached hydrogen (secondary N) is 1. The van der Waals surface area contributed by atoms with Crippen LogP contribution >= 0.6 is 0 Å². The lowest BCUT2D eigenvalue weighted by atomic mass is 10.1. The Hall–Kier alpha value is -3.13. The maximum Gasteiger partial charge on any atom is 0.250 e. The van der Waals surface area contributed by atoms with Gasteiger partial charge in [-0.2, -0.15) is 0 Å². The lowest BCUT2D eigenvalue weighted by molar-refractivity contribution is -0.121. The van der Waals surface area contributed by atoms with Crippen LogP contribution in [0.25, 0.3) is 11.3 Å². The molecule has 0 radical (unpaired) electrons. The minimum Gasteiger partial charge on any atom is -0.365 e. The molecule has 1 heterocycles. The number of ether oxygens (including phenoxy) is 1. The molecule has 0 bridgehead atoms. The van der Waals surface area contributed by atoms with Crippen LogP contribution in [0.2, 0.25) is 0 Å². The summed E-state index contributed by atoms with van der Waals surface area (Å²) in [5, 5.41) is 6.07. The van der Waals surface area contributed by atoms with Crippen molar-refractivity contribution in [3.8, 4) is 11.3 Å². The SMILES string of the molecule is O=C(COCc1cc(-c2ccc(F)cc2)on1)Nc1ccc(F)cc1F. The van der Waals surface area contributed by atoms with E-state index in [1.807, 2.05) is 0 Å². The Morgan fingerprint density at radius 3 is 2.50 bits per heavy atom. The third-order valence-electron chi connectivity index (χ3n) is 3.38. The summed E-state index contributed by atoms with van der Waals surface area (Å²) in [6.07, 6.45) is 0. The summed E-state index contributed by atoms with van der Waals surface area (Å²) < 4.78 is 49.5. The number of carbonyl (C=O) groups is 1. The molecule has 1 amide bonds. The van der Waals surface area contributed by atoms with Crippen molar-refractivity contribution in [1.29, 1.82) is 0 Å². The van der Waals surface area contributed by atoms with Crippen LogP contribution in [0.1, 0.15) is 5.69 Å². The maximum absolute atomic E-state index is 13.4. The molecule has 0 aliphatic carbocycles. The molecule has 0 fully saturated rings. The summed E-state index contributed by atoms with van der Waals surface area (Å²) in [4.78, 5) is 11.7. The van der Waals surface area contributed by atoms with Crippen molar-refractivity contribution in [2.45, 2.75) is 6.61 Å². The van der Waals surface area contributed by atoms with Gasteiger partial charge >= 0.3 is 0 Å². The van der Waals surface area contributed by atoms with Gasteiger partial charge in [0.15, 0.2) is 5.76 Å². The smallest absolute Gasteiger partial charge is 0.250 e. The molecule has 1 aromatic heterocycles. The Labute approximate surface area is 146 Å².